The molecule has 0 spiro atoms. The maximum absolute atomic E-state index is 12.0. The minimum Gasteiger partial charge on any atom is -0.448 e. The van der Waals surface area contributed by atoms with Crippen LogP contribution >= 0.6 is 11.3 Å². The van der Waals surface area contributed by atoms with E-state index in [9.17, 15) is 4.79 Å². The molecule has 2 aromatic rings. The predicted molar refractivity (Wildman–Crippen MR) is 94.8 cm³/mol. The summed E-state index contributed by atoms with van der Waals surface area (Å²) < 4.78 is 5.31. The zero-order valence-corrected chi connectivity index (χ0v) is 13.7. The van der Waals surface area contributed by atoms with Gasteiger partial charge in [-0.3, -0.25) is 5.32 Å². The first kappa shape index (κ1) is 15.8. The fraction of sp³-hybridized carbons (Fsp3) is 0.353. The van der Waals surface area contributed by atoms with E-state index in [2.05, 4.69) is 10.6 Å². The van der Waals surface area contributed by atoms with Gasteiger partial charge in [0.05, 0.1) is 11.4 Å². The molecule has 6 heteroatoms. The summed E-state index contributed by atoms with van der Waals surface area (Å²) in [6, 6.07) is 9.91. The van der Waals surface area contributed by atoms with Crippen LogP contribution in [0.3, 0.4) is 0 Å². The lowest BCUT2D eigenvalue weighted by atomic mass is 10.1. The number of carbonyl (C=O) groups excluding carboxylic acids is 1. The van der Waals surface area contributed by atoms with Crippen molar-refractivity contribution >= 4 is 28.8 Å². The van der Waals surface area contributed by atoms with E-state index in [4.69, 9.17) is 10.5 Å². The highest BCUT2D eigenvalue weighted by Gasteiger charge is 2.15. The van der Waals surface area contributed by atoms with Gasteiger partial charge < -0.3 is 15.8 Å². The molecule has 0 aliphatic carbocycles. The highest BCUT2D eigenvalue weighted by molar-refractivity contribution is 7.13. The highest BCUT2D eigenvalue weighted by atomic mass is 32.1. The summed E-state index contributed by atoms with van der Waals surface area (Å²) >= 11 is 1.65. The van der Waals surface area contributed by atoms with Crippen LogP contribution in [0.5, 0.6) is 0 Å². The maximum Gasteiger partial charge on any atom is 0.411 e. The second-order valence-corrected chi connectivity index (χ2v) is 6.60. The van der Waals surface area contributed by atoms with Gasteiger partial charge in [0.2, 0.25) is 0 Å². The topological polar surface area (TPSA) is 76.4 Å². The minimum absolute atomic E-state index is 0.254. The number of nitrogens with one attached hydrogen (secondary N) is 2. The first-order valence-electron chi connectivity index (χ1n) is 7.83. The van der Waals surface area contributed by atoms with Crippen LogP contribution in [0.1, 0.15) is 19.3 Å². The molecule has 4 N–H and O–H groups in total. The number of rotatable bonds is 4. The van der Waals surface area contributed by atoms with Gasteiger partial charge in [-0.25, -0.2) is 4.79 Å². The SMILES string of the molecule is Nc1ccc(-c2cccs2)cc1NC(=O)OCC1CCCCN1. The van der Waals surface area contributed by atoms with Crippen LogP contribution in [-0.2, 0) is 4.74 Å². The fourth-order valence-corrected chi connectivity index (χ4v) is 3.37. The second kappa shape index (κ2) is 7.48. The molecule has 122 valence electrons. The zero-order chi connectivity index (χ0) is 16.1. The summed E-state index contributed by atoms with van der Waals surface area (Å²) in [5.41, 5.74) is 8.08. The van der Waals surface area contributed by atoms with Crippen molar-refractivity contribution in [3.8, 4) is 10.4 Å². The van der Waals surface area contributed by atoms with Crippen molar-refractivity contribution < 1.29 is 9.53 Å². The monoisotopic (exact) mass is 331 g/mol. The molecule has 3 rings (SSSR count). The van der Waals surface area contributed by atoms with Crippen LogP contribution in [0.25, 0.3) is 10.4 Å². The quantitative estimate of drug-likeness (QED) is 0.747. The van der Waals surface area contributed by atoms with Gasteiger partial charge >= 0.3 is 6.09 Å². The van der Waals surface area contributed by atoms with E-state index < -0.39 is 6.09 Å². The number of benzene rings is 1. The Balaban J connectivity index is 1.60. The second-order valence-electron chi connectivity index (χ2n) is 5.65. The molecule has 1 unspecified atom stereocenters. The molecule has 1 aromatic carbocycles. The molecule has 0 radical (unpaired) electrons. The zero-order valence-electron chi connectivity index (χ0n) is 12.9. The Morgan fingerprint density at radius 1 is 1.39 bits per heavy atom. The van der Waals surface area contributed by atoms with E-state index in [1.807, 2.05) is 29.6 Å². The van der Waals surface area contributed by atoms with Crippen LogP contribution in [0.15, 0.2) is 35.7 Å². The number of nitrogens with two attached hydrogens (primary N) is 1. The van der Waals surface area contributed by atoms with Crippen LogP contribution in [-0.4, -0.2) is 25.3 Å². The average Bonchev–Trinajstić information content (AvgIpc) is 3.10. The lowest BCUT2D eigenvalue weighted by Crippen LogP contribution is -2.38. The number of piperidine rings is 1. The van der Waals surface area contributed by atoms with E-state index >= 15 is 0 Å². The number of nitrogen functional groups attached to an aromatic ring is 1. The molecule has 1 aromatic heterocycles. The summed E-state index contributed by atoms with van der Waals surface area (Å²) in [5.74, 6) is 0. The van der Waals surface area contributed by atoms with Crippen molar-refractivity contribution in [3.63, 3.8) is 0 Å². The van der Waals surface area contributed by atoms with Gasteiger partial charge in [-0.15, -0.1) is 11.3 Å². The van der Waals surface area contributed by atoms with Crippen LogP contribution in [0, 0.1) is 0 Å². The number of amides is 1. The Kier molecular flexibility index (Phi) is 5.15. The van der Waals surface area contributed by atoms with Gasteiger partial charge in [0, 0.05) is 10.9 Å². The average molecular weight is 331 g/mol. The van der Waals surface area contributed by atoms with Gasteiger partial charge in [-0.1, -0.05) is 18.6 Å². The predicted octanol–water partition coefficient (Wildman–Crippen LogP) is 3.69. The number of anilines is 2. The number of ether oxygens (including phenoxy) is 1. The third-order valence-corrected chi connectivity index (χ3v) is 4.84. The van der Waals surface area contributed by atoms with Crippen LogP contribution in [0.4, 0.5) is 16.2 Å². The number of hydrogen-bond acceptors (Lipinski definition) is 5. The minimum atomic E-state index is -0.465. The molecular formula is C17H21N3O2S. The van der Waals surface area contributed by atoms with Gasteiger partial charge in [0.25, 0.3) is 0 Å². The van der Waals surface area contributed by atoms with Crippen molar-refractivity contribution in [2.75, 3.05) is 24.2 Å². The molecule has 2 heterocycles. The van der Waals surface area contributed by atoms with Gasteiger partial charge in [-0.2, -0.15) is 0 Å². The van der Waals surface area contributed by atoms with E-state index in [0.29, 0.717) is 18.0 Å². The van der Waals surface area contributed by atoms with Gasteiger partial charge in [0.15, 0.2) is 0 Å². The highest BCUT2D eigenvalue weighted by Crippen LogP contribution is 2.30. The lowest BCUT2D eigenvalue weighted by Gasteiger charge is -2.23. The Labute approximate surface area is 139 Å². The maximum atomic E-state index is 12.0. The standard InChI is InChI=1S/C17H21N3O2S/c18-14-7-6-12(16-5-3-9-23-16)10-15(14)20-17(21)22-11-13-4-1-2-8-19-13/h3,5-7,9-10,13,19H,1-2,4,8,11,18H2,(H,20,21). The normalized spacial score (nSPS) is 17.7. The Morgan fingerprint density at radius 2 is 2.30 bits per heavy atom. The summed E-state index contributed by atoms with van der Waals surface area (Å²) in [6.07, 6.45) is 2.95. The molecule has 1 aliphatic rings. The van der Waals surface area contributed by atoms with Crippen molar-refractivity contribution in [2.45, 2.75) is 25.3 Å². The molecule has 1 atom stereocenters. The molecule has 1 amide bonds. The molecule has 0 bridgehead atoms. The van der Waals surface area contributed by atoms with E-state index in [1.165, 1.54) is 12.8 Å². The van der Waals surface area contributed by atoms with Crippen molar-refractivity contribution in [1.82, 2.24) is 5.32 Å². The van der Waals surface area contributed by atoms with E-state index in [1.54, 1.807) is 17.4 Å². The van der Waals surface area contributed by atoms with Gasteiger partial charge in [-0.05, 0) is 48.5 Å². The number of thiophene rings is 1. The van der Waals surface area contributed by atoms with Crippen molar-refractivity contribution in [3.05, 3.63) is 35.7 Å². The Hall–Kier alpha value is -2.05. The summed E-state index contributed by atoms with van der Waals surface area (Å²) in [7, 11) is 0. The van der Waals surface area contributed by atoms with Crippen LogP contribution < -0.4 is 16.4 Å². The van der Waals surface area contributed by atoms with Crippen molar-refractivity contribution in [2.24, 2.45) is 0 Å². The third kappa shape index (κ3) is 4.24. The Morgan fingerprint density at radius 3 is 3.04 bits per heavy atom. The molecule has 1 fully saturated rings. The smallest absolute Gasteiger partial charge is 0.411 e. The van der Waals surface area contributed by atoms with Gasteiger partial charge in [0.1, 0.15) is 6.61 Å². The molecule has 23 heavy (non-hydrogen) atoms. The molecule has 1 saturated heterocycles. The van der Waals surface area contributed by atoms with E-state index in [-0.39, 0.29) is 6.04 Å². The lowest BCUT2D eigenvalue weighted by molar-refractivity contribution is 0.141. The molecular weight excluding hydrogens is 310 g/mol. The first-order valence-corrected chi connectivity index (χ1v) is 8.71. The largest absolute Gasteiger partial charge is 0.448 e. The third-order valence-electron chi connectivity index (χ3n) is 3.92. The number of carbonyl (C=O) groups is 1. The van der Waals surface area contributed by atoms with E-state index in [0.717, 1.165) is 23.4 Å². The van der Waals surface area contributed by atoms with Crippen molar-refractivity contribution in [1.29, 1.82) is 0 Å². The fourth-order valence-electron chi connectivity index (χ4n) is 2.65. The Bertz CT molecular complexity index is 652. The number of hydrogen-bond donors (Lipinski definition) is 3. The van der Waals surface area contributed by atoms with Crippen LogP contribution in [0.2, 0.25) is 0 Å². The first-order chi connectivity index (χ1) is 11.2. The molecule has 1 aliphatic heterocycles. The summed E-state index contributed by atoms with van der Waals surface area (Å²) in [5, 5.41) is 8.11. The summed E-state index contributed by atoms with van der Waals surface area (Å²) in [6.45, 7) is 1.38. The molecule has 0 saturated carbocycles. The summed E-state index contributed by atoms with van der Waals surface area (Å²) in [4.78, 5) is 13.1. The molecule has 5 nitrogen and oxygen atoms in total.